The summed E-state index contributed by atoms with van der Waals surface area (Å²) >= 11 is 12.3. The van der Waals surface area contributed by atoms with Crippen LogP contribution in [0.5, 0.6) is 11.5 Å². The van der Waals surface area contributed by atoms with Gasteiger partial charge < -0.3 is 15.0 Å². The summed E-state index contributed by atoms with van der Waals surface area (Å²) in [5, 5.41) is 3.80. The molecule has 0 radical (unpaired) electrons. The monoisotopic (exact) mass is 496 g/mol. The minimum absolute atomic E-state index is 0.112. The van der Waals surface area contributed by atoms with Gasteiger partial charge in [-0.3, -0.25) is 9.59 Å². The third kappa shape index (κ3) is 5.37. The van der Waals surface area contributed by atoms with Gasteiger partial charge in [0.2, 0.25) is 11.8 Å². The normalized spacial score (nSPS) is 15.6. The largest absolute Gasteiger partial charge is 0.457 e. The maximum absolute atomic E-state index is 12.8. The number of rotatable bonds is 6. The lowest BCUT2D eigenvalue weighted by atomic mass is 10.0. The predicted octanol–water partition coefficient (Wildman–Crippen LogP) is 7.21. The molecule has 3 aromatic rings. The Morgan fingerprint density at radius 1 is 1.06 bits per heavy atom. The number of hydrogen-bond donors (Lipinski definition) is 1. The molecule has 5 nitrogen and oxygen atoms in total. The summed E-state index contributed by atoms with van der Waals surface area (Å²) < 4.78 is 6.12. The Morgan fingerprint density at radius 3 is 2.50 bits per heavy atom. The molecule has 7 heteroatoms. The van der Waals surface area contributed by atoms with Crippen LogP contribution in [-0.2, 0) is 9.59 Å². The molecule has 34 heavy (non-hydrogen) atoms. The van der Waals surface area contributed by atoms with Crippen LogP contribution in [0.4, 0.5) is 11.4 Å². The van der Waals surface area contributed by atoms with E-state index in [1.54, 1.807) is 30.3 Å². The number of ether oxygens (including phenoxy) is 1. The van der Waals surface area contributed by atoms with E-state index < -0.39 is 5.92 Å². The molecule has 1 aliphatic rings. The van der Waals surface area contributed by atoms with Gasteiger partial charge in [0, 0.05) is 23.7 Å². The summed E-state index contributed by atoms with van der Waals surface area (Å²) in [5.41, 5.74) is 3.42. The van der Waals surface area contributed by atoms with E-state index in [0.717, 1.165) is 16.9 Å². The van der Waals surface area contributed by atoms with Crippen molar-refractivity contribution in [2.45, 2.75) is 33.1 Å². The molecular formula is C27H26Cl2N2O3. The molecule has 1 heterocycles. The Balaban J connectivity index is 1.41. The van der Waals surface area contributed by atoms with E-state index in [1.807, 2.05) is 25.1 Å². The van der Waals surface area contributed by atoms with Gasteiger partial charge in [0.1, 0.15) is 11.5 Å². The third-order valence-corrected chi connectivity index (χ3v) is 6.39. The van der Waals surface area contributed by atoms with Crippen molar-refractivity contribution >= 4 is 46.4 Å². The minimum Gasteiger partial charge on any atom is -0.457 e. The lowest BCUT2D eigenvalue weighted by molar-refractivity contribution is -0.122. The van der Waals surface area contributed by atoms with Gasteiger partial charge in [-0.25, -0.2) is 0 Å². The fraction of sp³-hybridized carbons (Fsp3) is 0.259. The first-order valence-corrected chi connectivity index (χ1v) is 11.9. The molecule has 0 unspecified atom stereocenters. The first-order valence-electron chi connectivity index (χ1n) is 11.2. The zero-order valence-corrected chi connectivity index (χ0v) is 20.8. The van der Waals surface area contributed by atoms with E-state index in [0.29, 0.717) is 33.1 Å². The van der Waals surface area contributed by atoms with E-state index in [9.17, 15) is 9.59 Å². The molecule has 1 saturated heterocycles. The first kappa shape index (κ1) is 24.1. The van der Waals surface area contributed by atoms with E-state index in [4.69, 9.17) is 27.9 Å². The van der Waals surface area contributed by atoms with Gasteiger partial charge in [0.25, 0.3) is 0 Å². The summed E-state index contributed by atoms with van der Waals surface area (Å²) in [6, 6.07) is 18.4. The van der Waals surface area contributed by atoms with Crippen molar-refractivity contribution in [3.63, 3.8) is 0 Å². The molecule has 0 aromatic heterocycles. The Morgan fingerprint density at radius 2 is 1.79 bits per heavy atom. The number of anilines is 2. The highest BCUT2D eigenvalue weighted by molar-refractivity contribution is 6.36. The summed E-state index contributed by atoms with van der Waals surface area (Å²) in [4.78, 5) is 26.9. The molecule has 0 saturated carbocycles. The second kappa shape index (κ2) is 10.1. The Bertz CT molecular complexity index is 1230. The van der Waals surface area contributed by atoms with E-state index in [1.165, 1.54) is 4.90 Å². The van der Waals surface area contributed by atoms with Crippen LogP contribution in [0.2, 0.25) is 10.0 Å². The number of carbonyl (C=O) groups excluding carboxylic acids is 2. The molecule has 1 fully saturated rings. The van der Waals surface area contributed by atoms with Gasteiger partial charge in [-0.15, -0.1) is 0 Å². The van der Waals surface area contributed by atoms with Gasteiger partial charge in [0.15, 0.2) is 0 Å². The lowest BCUT2D eigenvalue weighted by Gasteiger charge is -2.18. The summed E-state index contributed by atoms with van der Waals surface area (Å²) in [5.74, 6) is 0.985. The molecule has 0 spiro atoms. The van der Waals surface area contributed by atoms with Crippen molar-refractivity contribution in [2.24, 2.45) is 5.92 Å². The molecular weight excluding hydrogens is 471 g/mol. The fourth-order valence-electron chi connectivity index (χ4n) is 3.99. The second-order valence-electron chi connectivity index (χ2n) is 8.81. The van der Waals surface area contributed by atoms with Gasteiger partial charge in [0.05, 0.1) is 16.6 Å². The highest BCUT2D eigenvalue weighted by Gasteiger charge is 2.36. The summed E-state index contributed by atoms with van der Waals surface area (Å²) in [6.45, 7) is 6.54. The summed E-state index contributed by atoms with van der Waals surface area (Å²) in [7, 11) is 0. The topological polar surface area (TPSA) is 58.6 Å². The highest BCUT2D eigenvalue weighted by atomic mass is 35.5. The number of amides is 2. The van der Waals surface area contributed by atoms with E-state index in [2.05, 4.69) is 31.3 Å². The average molecular weight is 497 g/mol. The van der Waals surface area contributed by atoms with Gasteiger partial charge in [-0.2, -0.15) is 0 Å². The lowest BCUT2D eigenvalue weighted by Crippen LogP contribution is -2.28. The number of nitrogens with one attached hydrogen (secondary N) is 1. The van der Waals surface area contributed by atoms with Gasteiger partial charge in [-0.1, -0.05) is 49.2 Å². The van der Waals surface area contributed by atoms with Crippen LogP contribution < -0.4 is 15.0 Å². The Kier molecular flexibility index (Phi) is 7.15. The molecule has 1 N–H and O–H groups in total. The fourth-order valence-corrected chi connectivity index (χ4v) is 4.38. The third-order valence-electron chi connectivity index (χ3n) is 5.84. The predicted molar refractivity (Wildman–Crippen MR) is 137 cm³/mol. The van der Waals surface area contributed by atoms with Crippen molar-refractivity contribution in [2.75, 3.05) is 16.8 Å². The van der Waals surface area contributed by atoms with Crippen LogP contribution >= 0.6 is 23.2 Å². The number of hydrogen-bond acceptors (Lipinski definition) is 3. The molecule has 1 atom stereocenters. The second-order valence-corrected chi connectivity index (χ2v) is 9.66. The maximum atomic E-state index is 12.8. The van der Waals surface area contributed by atoms with Crippen molar-refractivity contribution in [1.29, 1.82) is 0 Å². The number of benzene rings is 3. The van der Waals surface area contributed by atoms with Crippen molar-refractivity contribution in [3.8, 4) is 11.5 Å². The van der Waals surface area contributed by atoms with E-state index in [-0.39, 0.29) is 24.8 Å². The molecule has 4 rings (SSSR count). The molecule has 176 valence electrons. The van der Waals surface area contributed by atoms with Gasteiger partial charge >= 0.3 is 0 Å². The molecule has 0 aliphatic carbocycles. The van der Waals surface area contributed by atoms with Crippen LogP contribution in [-0.4, -0.2) is 18.4 Å². The first-order chi connectivity index (χ1) is 16.2. The van der Waals surface area contributed by atoms with Crippen molar-refractivity contribution in [3.05, 3.63) is 81.8 Å². The van der Waals surface area contributed by atoms with Crippen LogP contribution in [0, 0.1) is 12.8 Å². The number of aryl methyl sites for hydroxylation is 1. The van der Waals surface area contributed by atoms with Crippen molar-refractivity contribution in [1.82, 2.24) is 0 Å². The zero-order valence-electron chi connectivity index (χ0n) is 19.3. The highest BCUT2D eigenvalue weighted by Crippen LogP contribution is 2.34. The minimum atomic E-state index is -0.487. The molecule has 3 aromatic carbocycles. The SMILES string of the molecule is Cc1ccc(C(C)C)c(Oc2ccc(NC(=O)[C@H]3CC(=O)N(c4cc(Cl)ccc4Cl)C3)cc2)c1. The number of nitrogens with zero attached hydrogens (tertiary/aromatic N) is 1. The maximum Gasteiger partial charge on any atom is 0.229 e. The standard InChI is InChI=1S/C27H26Cl2N2O3/c1-16(2)22-10-4-17(3)12-25(22)34-21-8-6-20(7-9-21)30-27(33)18-13-26(32)31(15-18)24-14-19(28)5-11-23(24)29/h4-12,14,16,18H,13,15H2,1-3H3,(H,30,33)/t18-/m0/s1. The van der Waals surface area contributed by atoms with Crippen LogP contribution in [0.25, 0.3) is 0 Å². The number of halogens is 2. The van der Waals surface area contributed by atoms with Crippen molar-refractivity contribution < 1.29 is 14.3 Å². The average Bonchev–Trinajstić information content (AvgIpc) is 3.18. The van der Waals surface area contributed by atoms with Gasteiger partial charge in [-0.05, 0) is 72.5 Å². The summed E-state index contributed by atoms with van der Waals surface area (Å²) in [6.07, 6.45) is 0.112. The molecule has 0 bridgehead atoms. The number of carbonyl (C=O) groups is 2. The van der Waals surface area contributed by atoms with Crippen LogP contribution in [0.15, 0.2) is 60.7 Å². The smallest absolute Gasteiger partial charge is 0.229 e. The Labute approximate surface area is 209 Å². The quantitative estimate of drug-likeness (QED) is 0.392. The van der Waals surface area contributed by atoms with Crippen LogP contribution in [0.1, 0.15) is 37.3 Å². The zero-order chi connectivity index (χ0) is 24.4. The Hall–Kier alpha value is -3.02. The molecule has 1 aliphatic heterocycles. The van der Waals surface area contributed by atoms with Crippen LogP contribution in [0.3, 0.4) is 0 Å². The van der Waals surface area contributed by atoms with E-state index >= 15 is 0 Å². The molecule has 2 amide bonds.